The van der Waals surface area contributed by atoms with Gasteiger partial charge in [0.05, 0.1) is 0 Å². The highest BCUT2D eigenvalue weighted by atomic mass is 35.5. The Bertz CT molecular complexity index is 1110. The number of pyridine rings is 1. The molecule has 1 aliphatic heterocycles. The zero-order valence-electron chi connectivity index (χ0n) is 20.4. The molecule has 2 N–H and O–H groups in total. The molecule has 34 heavy (non-hydrogen) atoms. The van der Waals surface area contributed by atoms with Crippen molar-refractivity contribution in [2.24, 2.45) is 0 Å². The van der Waals surface area contributed by atoms with Gasteiger partial charge in [-0.25, -0.2) is 8.78 Å². The van der Waals surface area contributed by atoms with E-state index in [2.05, 4.69) is 34.1 Å². The minimum Gasteiger partial charge on any atom is -0.368 e. The van der Waals surface area contributed by atoms with Crippen LogP contribution in [-0.2, 0) is 12.5 Å². The molecule has 0 bridgehead atoms. The number of aryl methyl sites for hydroxylation is 1. The first-order valence-corrected chi connectivity index (χ1v) is 11.9. The summed E-state index contributed by atoms with van der Waals surface area (Å²) in [7, 11) is 2.11. The number of likely N-dealkylation sites (tertiary alicyclic amines) is 1. The number of carbonyl (C=O) groups is 1. The van der Waals surface area contributed by atoms with Crippen LogP contribution in [0.4, 0.5) is 14.5 Å². The molecular formula is C25H33ClF2N4O2. The molecule has 1 saturated heterocycles. The zero-order valence-corrected chi connectivity index (χ0v) is 21.2. The lowest BCUT2D eigenvalue weighted by atomic mass is 9.99. The zero-order chi connectivity index (χ0) is 25.2. The van der Waals surface area contributed by atoms with Crippen LogP contribution in [0.3, 0.4) is 0 Å². The SMILES string of the molecule is CCN(c1cc(Cl)cc(C(=O)NCc2c(C(C)(F)F)cc(C)[nH]c2=O)c1C)C1CCN(C)CC1. The number of nitrogens with one attached hydrogen (secondary N) is 2. The molecule has 2 aromatic rings. The number of alkyl halides is 2. The second-order valence-corrected chi connectivity index (χ2v) is 9.60. The second-order valence-electron chi connectivity index (χ2n) is 9.16. The fourth-order valence-electron chi connectivity index (χ4n) is 4.68. The van der Waals surface area contributed by atoms with Crippen molar-refractivity contribution in [1.29, 1.82) is 0 Å². The number of hydrogen-bond donors (Lipinski definition) is 2. The summed E-state index contributed by atoms with van der Waals surface area (Å²) in [6.45, 7) is 8.68. The third-order valence-corrected chi connectivity index (χ3v) is 6.76. The first kappa shape index (κ1) is 26.2. The Morgan fingerprint density at radius 3 is 2.50 bits per heavy atom. The van der Waals surface area contributed by atoms with E-state index in [1.54, 1.807) is 13.0 Å². The minimum absolute atomic E-state index is 0.159. The molecule has 0 aliphatic carbocycles. The van der Waals surface area contributed by atoms with E-state index in [1.165, 1.54) is 6.07 Å². The van der Waals surface area contributed by atoms with Crippen LogP contribution in [0, 0.1) is 13.8 Å². The van der Waals surface area contributed by atoms with Crippen molar-refractivity contribution in [2.45, 2.75) is 59.0 Å². The lowest BCUT2D eigenvalue weighted by Gasteiger charge is -2.39. The van der Waals surface area contributed by atoms with Gasteiger partial charge in [-0.15, -0.1) is 0 Å². The summed E-state index contributed by atoms with van der Waals surface area (Å²) in [5.41, 5.74) is 1.16. The largest absolute Gasteiger partial charge is 0.368 e. The van der Waals surface area contributed by atoms with Crippen molar-refractivity contribution >= 4 is 23.2 Å². The van der Waals surface area contributed by atoms with E-state index in [0.29, 0.717) is 22.3 Å². The third-order valence-electron chi connectivity index (χ3n) is 6.54. The number of amides is 1. The number of halogens is 3. The molecule has 2 heterocycles. The van der Waals surface area contributed by atoms with Crippen LogP contribution in [-0.4, -0.2) is 48.5 Å². The Morgan fingerprint density at radius 1 is 1.26 bits per heavy atom. The highest BCUT2D eigenvalue weighted by molar-refractivity contribution is 6.31. The maximum Gasteiger partial charge on any atom is 0.271 e. The summed E-state index contributed by atoms with van der Waals surface area (Å²) in [6, 6.07) is 5.03. The van der Waals surface area contributed by atoms with Gasteiger partial charge in [-0.3, -0.25) is 9.59 Å². The maximum absolute atomic E-state index is 14.1. The standard InChI is InChI=1S/C25H33ClF2N4O2/c1-6-32(18-7-9-31(5)10-8-18)22-13-17(26)12-19(16(22)3)23(33)29-14-20-21(25(4,27)28)11-15(2)30-24(20)34/h11-13,18H,6-10,14H2,1-5H3,(H,29,33)(H,30,34). The fourth-order valence-corrected chi connectivity index (χ4v) is 4.89. The second kappa shape index (κ2) is 10.4. The van der Waals surface area contributed by atoms with Crippen molar-refractivity contribution in [1.82, 2.24) is 15.2 Å². The Balaban J connectivity index is 1.88. The molecule has 0 unspecified atom stereocenters. The van der Waals surface area contributed by atoms with Gasteiger partial charge in [0.15, 0.2) is 0 Å². The Hall–Kier alpha value is -2.45. The Kier molecular flexibility index (Phi) is 8.03. The van der Waals surface area contributed by atoms with E-state index in [4.69, 9.17) is 11.6 Å². The summed E-state index contributed by atoms with van der Waals surface area (Å²) >= 11 is 6.40. The number of nitrogens with zero attached hydrogens (tertiary/aromatic N) is 2. The van der Waals surface area contributed by atoms with Crippen LogP contribution in [0.5, 0.6) is 0 Å². The predicted octanol–water partition coefficient (Wildman–Crippen LogP) is 4.61. The normalized spacial score (nSPS) is 15.4. The van der Waals surface area contributed by atoms with Gasteiger partial charge < -0.3 is 20.1 Å². The monoisotopic (exact) mass is 494 g/mol. The lowest BCUT2D eigenvalue weighted by molar-refractivity contribution is 0.0161. The molecule has 0 atom stereocenters. The van der Waals surface area contributed by atoms with Crippen LogP contribution >= 0.6 is 11.6 Å². The molecule has 1 fully saturated rings. The first-order chi connectivity index (χ1) is 15.9. The van der Waals surface area contributed by atoms with E-state index >= 15 is 0 Å². The third kappa shape index (κ3) is 5.78. The molecule has 1 aromatic carbocycles. The van der Waals surface area contributed by atoms with Crippen LogP contribution in [0.1, 0.15) is 59.4 Å². The summed E-state index contributed by atoms with van der Waals surface area (Å²) < 4.78 is 28.3. The topological polar surface area (TPSA) is 68.4 Å². The summed E-state index contributed by atoms with van der Waals surface area (Å²) in [4.78, 5) is 32.6. The van der Waals surface area contributed by atoms with E-state index < -0.39 is 23.0 Å². The van der Waals surface area contributed by atoms with Gasteiger partial charge in [-0.1, -0.05) is 11.6 Å². The van der Waals surface area contributed by atoms with E-state index in [1.807, 2.05) is 13.0 Å². The lowest BCUT2D eigenvalue weighted by Crippen LogP contribution is -2.44. The van der Waals surface area contributed by atoms with Gasteiger partial charge in [-0.2, -0.15) is 0 Å². The van der Waals surface area contributed by atoms with E-state index in [9.17, 15) is 18.4 Å². The van der Waals surface area contributed by atoms with Gasteiger partial charge in [0, 0.05) is 59.1 Å². The van der Waals surface area contributed by atoms with Crippen molar-refractivity contribution in [2.75, 3.05) is 31.6 Å². The molecule has 1 amide bonds. The average Bonchev–Trinajstić information content (AvgIpc) is 2.75. The number of carbonyl (C=O) groups excluding carboxylic acids is 1. The summed E-state index contributed by atoms with van der Waals surface area (Å²) in [6.07, 6.45) is 2.03. The number of hydrogen-bond acceptors (Lipinski definition) is 4. The number of rotatable bonds is 7. The van der Waals surface area contributed by atoms with Gasteiger partial charge in [0.1, 0.15) is 0 Å². The molecule has 0 spiro atoms. The van der Waals surface area contributed by atoms with Crippen molar-refractivity contribution in [3.63, 3.8) is 0 Å². The fraction of sp³-hybridized carbons (Fsp3) is 0.520. The van der Waals surface area contributed by atoms with Crippen LogP contribution < -0.4 is 15.8 Å². The molecule has 0 radical (unpaired) electrons. The van der Waals surface area contributed by atoms with Crippen molar-refractivity contribution in [3.8, 4) is 0 Å². The minimum atomic E-state index is -3.21. The van der Waals surface area contributed by atoms with Gasteiger partial charge >= 0.3 is 0 Å². The number of anilines is 1. The molecule has 9 heteroatoms. The van der Waals surface area contributed by atoms with Gasteiger partial charge in [0.25, 0.3) is 17.4 Å². The molecule has 186 valence electrons. The Labute approximate surface area is 204 Å². The van der Waals surface area contributed by atoms with E-state index in [0.717, 1.165) is 50.7 Å². The van der Waals surface area contributed by atoms with Gasteiger partial charge in [0.2, 0.25) is 0 Å². The quantitative estimate of drug-likeness (QED) is 0.590. The molecule has 6 nitrogen and oxygen atoms in total. The first-order valence-electron chi connectivity index (χ1n) is 11.6. The van der Waals surface area contributed by atoms with Gasteiger partial charge in [-0.05, 0) is 77.5 Å². The molecule has 1 aromatic heterocycles. The predicted molar refractivity (Wildman–Crippen MR) is 132 cm³/mol. The van der Waals surface area contributed by atoms with Crippen molar-refractivity contribution in [3.05, 3.63) is 61.5 Å². The smallest absolute Gasteiger partial charge is 0.271 e. The summed E-state index contributed by atoms with van der Waals surface area (Å²) in [5, 5.41) is 3.07. The molecule has 3 rings (SSSR count). The number of H-pyrrole nitrogens is 1. The highest BCUT2D eigenvalue weighted by Crippen LogP contribution is 2.32. The molecular weight excluding hydrogens is 462 g/mol. The van der Waals surface area contributed by atoms with Crippen LogP contribution in [0.15, 0.2) is 23.0 Å². The number of piperidine rings is 1. The average molecular weight is 495 g/mol. The molecule has 0 saturated carbocycles. The van der Waals surface area contributed by atoms with Crippen LogP contribution in [0.2, 0.25) is 5.02 Å². The van der Waals surface area contributed by atoms with E-state index in [-0.39, 0.29) is 12.1 Å². The number of aromatic nitrogens is 1. The number of aromatic amines is 1. The summed E-state index contributed by atoms with van der Waals surface area (Å²) in [5.74, 6) is -3.68. The number of benzene rings is 1. The Morgan fingerprint density at radius 2 is 1.91 bits per heavy atom. The van der Waals surface area contributed by atoms with Crippen molar-refractivity contribution < 1.29 is 13.6 Å². The van der Waals surface area contributed by atoms with Crippen LogP contribution in [0.25, 0.3) is 0 Å². The highest BCUT2D eigenvalue weighted by Gasteiger charge is 2.30. The maximum atomic E-state index is 14.1. The molecule has 1 aliphatic rings.